The molecule has 0 radical (unpaired) electrons. The molecule has 1 atom stereocenters. The van der Waals surface area contributed by atoms with Crippen LogP contribution in [0.15, 0.2) is 29.2 Å². The second-order valence-corrected chi connectivity index (χ2v) is 7.74. The van der Waals surface area contributed by atoms with E-state index in [1.54, 1.807) is 24.0 Å². The van der Waals surface area contributed by atoms with E-state index in [0.29, 0.717) is 24.8 Å². The lowest BCUT2D eigenvalue weighted by Crippen LogP contribution is -2.49. The molecule has 0 unspecified atom stereocenters. The van der Waals surface area contributed by atoms with Crippen molar-refractivity contribution in [1.29, 1.82) is 0 Å². The van der Waals surface area contributed by atoms with Gasteiger partial charge in [0.15, 0.2) is 0 Å². The molecular formula is C16H24N2O4S. The smallest absolute Gasteiger partial charge is 0.241 e. The Morgan fingerprint density at radius 1 is 1.26 bits per heavy atom. The quantitative estimate of drug-likeness (QED) is 0.884. The molecule has 0 bridgehead atoms. The van der Waals surface area contributed by atoms with Crippen molar-refractivity contribution in [2.45, 2.75) is 37.6 Å². The summed E-state index contributed by atoms with van der Waals surface area (Å²) in [6.45, 7) is 5.13. The minimum Gasteiger partial charge on any atom is -0.497 e. The molecule has 1 N–H and O–H groups in total. The molecule has 1 saturated heterocycles. The predicted octanol–water partition coefficient (Wildman–Crippen LogP) is 1.62. The van der Waals surface area contributed by atoms with Gasteiger partial charge in [0.25, 0.3) is 0 Å². The maximum atomic E-state index is 12.4. The number of carbonyl (C=O) groups is 1. The van der Waals surface area contributed by atoms with Gasteiger partial charge in [0.05, 0.1) is 18.0 Å². The number of amides is 1. The molecule has 1 aromatic rings. The van der Waals surface area contributed by atoms with E-state index in [9.17, 15) is 13.2 Å². The van der Waals surface area contributed by atoms with Crippen LogP contribution in [-0.2, 0) is 14.8 Å². The number of sulfonamides is 1. The Labute approximate surface area is 137 Å². The standard InChI is InChI=1S/C16H24N2O4S/c1-12-8-10-18(11-9-12)16(19)13(2)17-23(20,21)15-6-4-14(22-3)5-7-15/h4-7,12-13,17H,8-11H2,1-3H3/t13-/m1/s1. The van der Waals surface area contributed by atoms with E-state index in [1.807, 2.05) is 0 Å². The Kier molecular flexibility index (Phi) is 5.64. The van der Waals surface area contributed by atoms with Gasteiger partial charge in [-0.3, -0.25) is 4.79 Å². The molecule has 128 valence electrons. The minimum atomic E-state index is -3.73. The average Bonchev–Trinajstić information content (AvgIpc) is 2.54. The Morgan fingerprint density at radius 3 is 2.35 bits per heavy atom. The first-order valence-electron chi connectivity index (χ1n) is 7.78. The zero-order chi connectivity index (χ0) is 17.0. The molecule has 1 fully saturated rings. The molecule has 6 nitrogen and oxygen atoms in total. The van der Waals surface area contributed by atoms with Crippen molar-refractivity contribution in [1.82, 2.24) is 9.62 Å². The van der Waals surface area contributed by atoms with Crippen molar-refractivity contribution < 1.29 is 17.9 Å². The van der Waals surface area contributed by atoms with Crippen LogP contribution in [0.1, 0.15) is 26.7 Å². The van der Waals surface area contributed by atoms with Crippen molar-refractivity contribution in [2.24, 2.45) is 5.92 Å². The normalized spacial score (nSPS) is 17.8. The van der Waals surface area contributed by atoms with Crippen molar-refractivity contribution in [3.05, 3.63) is 24.3 Å². The lowest BCUT2D eigenvalue weighted by atomic mass is 9.99. The number of hydrogen-bond acceptors (Lipinski definition) is 4. The predicted molar refractivity (Wildman–Crippen MR) is 87.8 cm³/mol. The van der Waals surface area contributed by atoms with E-state index < -0.39 is 16.1 Å². The van der Waals surface area contributed by atoms with Crippen LogP contribution in [0.2, 0.25) is 0 Å². The summed E-state index contributed by atoms with van der Waals surface area (Å²) >= 11 is 0. The van der Waals surface area contributed by atoms with Gasteiger partial charge in [-0.2, -0.15) is 4.72 Å². The number of nitrogens with one attached hydrogen (secondary N) is 1. The molecule has 1 heterocycles. The van der Waals surface area contributed by atoms with E-state index in [2.05, 4.69) is 11.6 Å². The first-order valence-corrected chi connectivity index (χ1v) is 9.27. The number of rotatable bonds is 5. The zero-order valence-electron chi connectivity index (χ0n) is 13.8. The highest BCUT2D eigenvalue weighted by Gasteiger charge is 2.27. The summed E-state index contributed by atoms with van der Waals surface area (Å²) < 4.78 is 32.2. The fourth-order valence-electron chi connectivity index (χ4n) is 2.61. The van der Waals surface area contributed by atoms with Crippen LogP contribution in [0.4, 0.5) is 0 Å². The number of hydrogen-bond donors (Lipinski definition) is 1. The van der Waals surface area contributed by atoms with Gasteiger partial charge in [-0.15, -0.1) is 0 Å². The third kappa shape index (κ3) is 4.45. The summed E-state index contributed by atoms with van der Waals surface area (Å²) in [6.07, 6.45) is 1.92. The van der Waals surface area contributed by atoms with Gasteiger partial charge in [-0.25, -0.2) is 8.42 Å². The fourth-order valence-corrected chi connectivity index (χ4v) is 3.81. The second-order valence-electron chi connectivity index (χ2n) is 6.03. The molecule has 7 heteroatoms. The monoisotopic (exact) mass is 340 g/mol. The molecule has 23 heavy (non-hydrogen) atoms. The summed E-state index contributed by atoms with van der Waals surface area (Å²) in [4.78, 5) is 14.2. The molecule has 1 amide bonds. The number of likely N-dealkylation sites (tertiary alicyclic amines) is 1. The third-order valence-electron chi connectivity index (χ3n) is 4.17. The van der Waals surface area contributed by atoms with Crippen molar-refractivity contribution in [3.8, 4) is 5.75 Å². The van der Waals surface area contributed by atoms with E-state index in [1.165, 1.54) is 19.2 Å². The molecule has 1 aliphatic heterocycles. The minimum absolute atomic E-state index is 0.116. The average molecular weight is 340 g/mol. The molecule has 0 aromatic heterocycles. The number of methoxy groups -OCH3 is 1. The maximum absolute atomic E-state index is 12.4. The summed E-state index contributed by atoms with van der Waals surface area (Å²) in [6, 6.07) is 5.29. The van der Waals surface area contributed by atoms with Gasteiger partial charge in [-0.1, -0.05) is 6.92 Å². The molecule has 1 aliphatic rings. The van der Waals surface area contributed by atoms with Crippen LogP contribution in [0.25, 0.3) is 0 Å². The Balaban J connectivity index is 2.02. The largest absolute Gasteiger partial charge is 0.497 e. The highest BCUT2D eigenvalue weighted by atomic mass is 32.2. The van der Waals surface area contributed by atoms with Crippen LogP contribution >= 0.6 is 0 Å². The Morgan fingerprint density at radius 2 is 1.83 bits per heavy atom. The van der Waals surface area contributed by atoms with Gasteiger partial charge >= 0.3 is 0 Å². The van der Waals surface area contributed by atoms with E-state index in [4.69, 9.17) is 4.74 Å². The molecule has 0 saturated carbocycles. The first-order chi connectivity index (χ1) is 10.8. The van der Waals surface area contributed by atoms with E-state index in [0.717, 1.165) is 12.8 Å². The highest BCUT2D eigenvalue weighted by Crippen LogP contribution is 2.18. The molecule has 1 aromatic carbocycles. The van der Waals surface area contributed by atoms with Crippen molar-refractivity contribution in [3.63, 3.8) is 0 Å². The molecule has 2 rings (SSSR count). The molecular weight excluding hydrogens is 316 g/mol. The summed E-state index contributed by atoms with van der Waals surface area (Å²) in [7, 11) is -2.22. The van der Waals surface area contributed by atoms with Crippen molar-refractivity contribution >= 4 is 15.9 Å². The number of ether oxygens (including phenoxy) is 1. The van der Waals surface area contributed by atoms with Crippen molar-refractivity contribution in [2.75, 3.05) is 20.2 Å². The lowest BCUT2D eigenvalue weighted by Gasteiger charge is -2.32. The summed E-state index contributed by atoms with van der Waals surface area (Å²) in [5.74, 6) is 1.02. The number of carbonyl (C=O) groups excluding carboxylic acids is 1. The molecule has 0 spiro atoms. The summed E-state index contributed by atoms with van der Waals surface area (Å²) in [5, 5.41) is 0. The van der Waals surface area contributed by atoms with Gasteiger partial charge < -0.3 is 9.64 Å². The maximum Gasteiger partial charge on any atom is 0.241 e. The third-order valence-corrected chi connectivity index (χ3v) is 5.72. The SMILES string of the molecule is COc1ccc(S(=O)(=O)N[C@H](C)C(=O)N2CCC(C)CC2)cc1. The highest BCUT2D eigenvalue weighted by molar-refractivity contribution is 7.89. The topological polar surface area (TPSA) is 75.7 Å². The Bertz CT molecular complexity index is 635. The van der Waals surface area contributed by atoms with Gasteiger partial charge in [0.1, 0.15) is 5.75 Å². The number of piperidine rings is 1. The van der Waals surface area contributed by atoms with Crippen LogP contribution in [0.5, 0.6) is 5.75 Å². The number of nitrogens with zero attached hydrogens (tertiary/aromatic N) is 1. The molecule has 0 aliphatic carbocycles. The van der Waals surface area contributed by atoms with Gasteiger partial charge in [0.2, 0.25) is 15.9 Å². The zero-order valence-corrected chi connectivity index (χ0v) is 14.6. The first kappa shape index (κ1) is 17.7. The summed E-state index contributed by atoms with van der Waals surface area (Å²) in [5.41, 5.74) is 0. The van der Waals surface area contributed by atoms with E-state index in [-0.39, 0.29) is 10.8 Å². The number of benzene rings is 1. The van der Waals surface area contributed by atoms with Crippen LogP contribution < -0.4 is 9.46 Å². The van der Waals surface area contributed by atoms with E-state index >= 15 is 0 Å². The fraction of sp³-hybridized carbons (Fsp3) is 0.562. The second kappa shape index (κ2) is 7.31. The van der Waals surface area contributed by atoms with Crippen LogP contribution in [0, 0.1) is 5.92 Å². The van der Waals surface area contributed by atoms with Gasteiger partial charge in [0, 0.05) is 13.1 Å². The van der Waals surface area contributed by atoms with Crippen LogP contribution in [0.3, 0.4) is 0 Å². The van der Waals surface area contributed by atoms with Crippen LogP contribution in [-0.4, -0.2) is 45.5 Å². The van der Waals surface area contributed by atoms with Gasteiger partial charge in [-0.05, 0) is 49.9 Å². The lowest BCUT2D eigenvalue weighted by molar-refractivity contribution is -0.133. The Hall–Kier alpha value is -1.60.